The second kappa shape index (κ2) is 13.2. The van der Waals surface area contributed by atoms with E-state index in [1.54, 1.807) is 13.8 Å². The molecule has 4 atom stereocenters. The van der Waals surface area contributed by atoms with E-state index in [4.69, 9.17) is 9.47 Å². The molecule has 3 aromatic rings. The smallest absolute Gasteiger partial charge is 0.338 e. The van der Waals surface area contributed by atoms with Crippen LogP contribution < -0.4 is 10.6 Å². The van der Waals surface area contributed by atoms with E-state index in [1.165, 1.54) is 22.3 Å². The van der Waals surface area contributed by atoms with Crippen LogP contribution in [0, 0.1) is 18.3 Å². The van der Waals surface area contributed by atoms with Crippen LogP contribution in [0.3, 0.4) is 0 Å². The first-order valence-electron chi connectivity index (χ1n) is 16.1. The second-order valence-corrected chi connectivity index (χ2v) is 14.0. The molecule has 238 valence electrons. The number of carbonyl (C=O) groups excluding carboxylic acids is 3. The summed E-state index contributed by atoms with van der Waals surface area (Å²) in [6.45, 7) is 11.2. The number of amides is 2. The zero-order valence-corrected chi connectivity index (χ0v) is 27.3. The van der Waals surface area contributed by atoms with Gasteiger partial charge in [0.2, 0.25) is 17.6 Å². The van der Waals surface area contributed by atoms with Crippen LogP contribution in [-0.2, 0) is 36.7 Å². The van der Waals surface area contributed by atoms with E-state index in [9.17, 15) is 14.4 Å². The molecule has 5 rings (SSSR count). The monoisotopic (exact) mass is 610 g/mol. The number of hydrogen-bond donors (Lipinski definition) is 2. The van der Waals surface area contributed by atoms with Crippen molar-refractivity contribution in [1.82, 2.24) is 10.6 Å². The minimum absolute atomic E-state index is 0.100. The molecule has 0 aromatic heterocycles. The maximum atomic E-state index is 14.0. The summed E-state index contributed by atoms with van der Waals surface area (Å²) in [5.41, 5.74) is 6.49. The molecule has 1 aliphatic heterocycles. The van der Waals surface area contributed by atoms with Gasteiger partial charge in [-0.25, -0.2) is 4.79 Å². The summed E-state index contributed by atoms with van der Waals surface area (Å²) in [5, 5.41) is 6.21. The largest absolute Gasteiger partial charge is 0.432 e. The van der Waals surface area contributed by atoms with Crippen molar-refractivity contribution in [2.24, 2.45) is 11.3 Å². The SMILES string of the molecule is Cc1cc(CCCC(C(=O)NC(C(=O)NC2CCc3ccccc32)C(C)(C)C)C2OC(C)(C)OC2=O)ccc1-c1ccccc1. The van der Waals surface area contributed by atoms with E-state index < -0.39 is 35.2 Å². The molecule has 2 aliphatic rings. The molecule has 4 unspecified atom stereocenters. The summed E-state index contributed by atoms with van der Waals surface area (Å²) >= 11 is 0. The fourth-order valence-electron chi connectivity index (χ4n) is 6.58. The number of esters is 1. The van der Waals surface area contributed by atoms with Gasteiger partial charge in [0.25, 0.3) is 0 Å². The quantitative estimate of drug-likeness (QED) is 0.252. The van der Waals surface area contributed by atoms with Gasteiger partial charge in [-0.2, -0.15) is 0 Å². The Morgan fingerprint density at radius 1 is 0.978 bits per heavy atom. The number of nitrogens with one attached hydrogen (secondary N) is 2. The van der Waals surface area contributed by atoms with Crippen LogP contribution in [0.2, 0.25) is 0 Å². The Balaban J connectivity index is 1.30. The van der Waals surface area contributed by atoms with Crippen LogP contribution in [0.4, 0.5) is 0 Å². The molecule has 1 saturated heterocycles. The highest BCUT2D eigenvalue weighted by Crippen LogP contribution is 2.34. The Labute approximate surface area is 267 Å². The van der Waals surface area contributed by atoms with Crippen molar-refractivity contribution in [2.45, 2.75) is 97.6 Å². The van der Waals surface area contributed by atoms with Gasteiger partial charge >= 0.3 is 5.97 Å². The number of rotatable bonds is 10. The van der Waals surface area contributed by atoms with E-state index in [-0.39, 0.29) is 17.9 Å². The number of hydrogen-bond acceptors (Lipinski definition) is 5. The molecule has 7 nitrogen and oxygen atoms in total. The molecular weight excluding hydrogens is 564 g/mol. The number of ether oxygens (including phenoxy) is 2. The number of aryl methyl sites for hydroxylation is 3. The summed E-state index contributed by atoms with van der Waals surface area (Å²) in [6, 6.07) is 24.0. The van der Waals surface area contributed by atoms with E-state index in [0.717, 1.165) is 30.4 Å². The molecule has 0 spiro atoms. The number of fused-ring (bicyclic) bond motifs is 1. The van der Waals surface area contributed by atoms with E-state index in [1.807, 2.05) is 51.1 Å². The average molecular weight is 611 g/mol. The predicted molar refractivity (Wildman–Crippen MR) is 175 cm³/mol. The molecule has 1 heterocycles. The summed E-state index contributed by atoms with van der Waals surface area (Å²) < 4.78 is 11.4. The lowest BCUT2D eigenvalue weighted by atomic mass is 9.84. The van der Waals surface area contributed by atoms with Crippen molar-refractivity contribution in [3.05, 3.63) is 95.1 Å². The first-order valence-corrected chi connectivity index (χ1v) is 16.1. The zero-order valence-electron chi connectivity index (χ0n) is 27.3. The maximum Gasteiger partial charge on any atom is 0.338 e. The Morgan fingerprint density at radius 3 is 2.36 bits per heavy atom. The van der Waals surface area contributed by atoms with Crippen LogP contribution in [0.5, 0.6) is 0 Å². The Morgan fingerprint density at radius 2 is 1.69 bits per heavy atom. The molecule has 1 fully saturated rings. The third-order valence-electron chi connectivity index (χ3n) is 8.91. The maximum absolute atomic E-state index is 14.0. The highest BCUT2D eigenvalue weighted by molar-refractivity contribution is 5.92. The van der Waals surface area contributed by atoms with Crippen LogP contribution in [0.15, 0.2) is 72.8 Å². The van der Waals surface area contributed by atoms with Gasteiger partial charge in [0, 0.05) is 13.8 Å². The van der Waals surface area contributed by atoms with Gasteiger partial charge in [-0.1, -0.05) is 93.6 Å². The van der Waals surface area contributed by atoms with Gasteiger partial charge in [-0.05, 0) is 77.8 Å². The van der Waals surface area contributed by atoms with Gasteiger partial charge in [-0.3, -0.25) is 9.59 Å². The lowest BCUT2D eigenvalue weighted by molar-refractivity contribution is -0.162. The first kappa shape index (κ1) is 32.4. The predicted octanol–water partition coefficient (Wildman–Crippen LogP) is 6.61. The fourth-order valence-corrected chi connectivity index (χ4v) is 6.58. The van der Waals surface area contributed by atoms with E-state index in [0.29, 0.717) is 12.8 Å². The molecule has 2 N–H and O–H groups in total. The van der Waals surface area contributed by atoms with Gasteiger partial charge in [0.15, 0.2) is 6.10 Å². The molecule has 7 heteroatoms. The van der Waals surface area contributed by atoms with Gasteiger partial charge in [0.05, 0.1) is 12.0 Å². The highest BCUT2D eigenvalue weighted by Gasteiger charge is 2.48. The standard InChI is InChI=1S/C38H46N2O5/c1-24-23-25(19-21-28(24)26-14-8-7-9-15-26)13-12-18-30(32-36(43)45-38(5,6)44-32)34(41)40-33(37(2,3)4)35(42)39-31-22-20-27-16-10-11-17-29(27)31/h7-11,14-17,19,21,23,30-33H,12-13,18,20,22H2,1-6H3,(H,39,42)(H,40,41). The summed E-state index contributed by atoms with van der Waals surface area (Å²) in [7, 11) is 0. The normalized spacial score (nSPS) is 20.2. The first-order chi connectivity index (χ1) is 21.3. The molecule has 0 saturated carbocycles. The molecular formula is C38H46N2O5. The van der Waals surface area contributed by atoms with Crippen molar-refractivity contribution in [2.75, 3.05) is 0 Å². The summed E-state index contributed by atoms with van der Waals surface area (Å²) in [6.07, 6.45) is 2.46. The highest BCUT2D eigenvalue weighted by atomic mass is 16.8. The van der Waals surface area contributed by atoms with Crippen LogP contribution in [0.1, 0.15) is 82.2 Å². The third-order valence-corrected chi connectivity index (χ3v) is 8.91. The van der Waals surface area contributed by atoms with E-state index in [2.05, 4.69) is 60.0 Å². The molecule has 0 bridgehead atoms. The second-order valence-electron chi connectivity index (χ2n) is 14.0. The van der Waals surface area contributed by atoms with Gasteiger partial charge in [0.1, 0.15) is 6.04 Å². The molecule has 3 aromatic carbocycles. The van der Waals surface area contributed by atoms with Gasteiger partial charge < -0.3 is 20.1 Å². The Kier molecular flexibility index (Phi) is 9.49. The van der Waals surface area contributed by atoms with Crippen molar-refractivity contribution in [3.8, 4) is 11.1 Å². The van der Waals surface area contributed by atoms with Crippen molar-refractivity contribution >= 4 is 17.8 Å². The van der Waals surface area contributed by atoms with Crippen molar-refractivity contribution in [3.63, 3.8) is 0 Å². The molecule has 1 aliphatic carbocycles. The number of benzene rings is 3. The van der Waals surface area contributed by atoms with Crippen LogP contribution in [0.25, 0.3) is 11.1 Å². The summed E-state index contributed by atoms with van der Waals surface area (Å²) in [5.74, 6) is -3.11. The number of carbonyl (C=O) groups is 3. The Hall–Kier alpha value is -3.97. The average Bonchev–Trinajstić information content (AvgIpc) is 3.51. The third kappa shape index (κ3) is 7.64. The van der Waals surface area contributed by atoms with Crippen LogP contribution in [-0.4, -0.2) is 35.7 Å². The zero-order chi connectivity index (χ0) is 32.4. The number of cyclic esters (lactones) is 1. The van der Waals surface area contributed by atoms with Crippen molar-refractivity contribution in [1.29, 1.82) is 0 Å². The molecule has 45 heavy (non-hydrogen) atoms. The molecule has 2 amide bonds. The molecule has 0 radical (unpaired) electrons. The Bertz CT molecular complexity index is 1540. The fraction of sp³-hybridized carbons (Fsp3) is 0.447. The minimum Gasteiger partial charge on any atom is -0.432 e. The summed E-state index contributed by atoms with van der Waals surface area (Å²) in [4.78, 5) is 40.7. The minimum atomic E-state index is -1.12. The van der Waals surface area contributed by atoms with Crippen LogP contribution >= 0.6 is 0 Å². The lowest BCUT2D eigenvalue weighted by Crippen LogP contribution is -2.56. The van der Waals surface area contributed by atoms with Gasteiger partial charge in [-0.15, -0.1) is 0 Å². The topological polar surface area (TPSA) is 93.7 Å². The lowest BCUT2D eigenvalue weighted by Gasteiger charge is -2.33. The van der Waals surface area contributed by atoms with Crippen molar-refractivity contribution < 1.29 is 23.9 Å². The van der Waals surface area contributed by atoms with E-state index >= 15 is 0 Å².